The quantitative estimate of drug-likeness (QED) is 0.327. The van der Waals surface area contributed by atoms with Gasteiger partial charge in [0.2, 0.25) is 0 Å². The highest BCUT2D eigenvalue weighted by Gasteiger charge is 2.59. The molecule has 3 aromatic rings. The van der Waals surface area contributed by atoms with Crippen LogP contribution in [-0.4, -0.2) is 89.2 Å². The van der Waals surface area contributed by atoms with Crippen molar-refractivity contribution in [2.45, 2.75) is 30.9 Å². The maximum Gasteiger partial charge on any atom is 0.287 e. The fourth-order valence-electron chi connectivity index (χ4n) is 6.19. The van der Waals surface area contributed by atoms with E-state index >= 15 is 4.48 Å². The van der Waals surface area contributed by atoms with Gasteiger partial charge >= 0.3 is 0 Å². The van der Waals surface area contributed by atoms with Gasteiger partial charge in [-0.25, -0.2) is 4.98 Å². The number of likely N-dealkylation sites (N-methyl/N-ethyl adjacent to an activating group) is 1. The maximum absolute atomic E-state index is 16.8. The van der Waals surface area contributed by atoms with Crippen molar-refractivity contribution < 1.29 is 23.9 Å². The summed E-state index contributed by atoms with van der Waals surface area (Å²) in [6.45, 7) is 2.62. The normalized spacial score (nSPS) is 21.3. The molecule has 1 aliphatic carbocycles. The first-order chi connectivity index (χ1) is 22.1. The minimum absolute atomic E-state index is 0.0149. The van der Waals surface area contributed by atoms with Gasteiger partial charge in [-0.1, -0.05) is 46.4 Å². The van der Waals surface area contributed by atoms with Gasteiger partial charge in [0.1, 0.15) is 30.2 Å². The van der Waals surface area contributed by atoms with Gasteiger partial charge in [0.15, 0.2) is 11.3 Å². The first-order valence-electron chi connectivity index (χ1n) is 15.1. The number of aromatic nitrogens is 1. The van der Waals surface area contributed by atoms with Crippen LogP contribution in [0, 0.1) is 28.1 Å². The number of β-amino-alcohol motifs (C(OH)–C–C–N with tert-alkyl or cyclic N) is 1. The zero-order chi connectivity index (χ0) is 32.6. The molecule has 2 aliphatic heterocycles. The number of aliphatic hydroxyl groups is 1. The van der Waals surface area contributed by atoms with Gasteiger partial charge in [-0.05, 0) is 49.7 Å². The molecule has 2 atom stereocenters. The third-order valence-corrected chi connectivity index (χ3v) is 9.42. The standard InChI is InChI=1S/C34H32ClFN6O4/c1-40-13-15-41(16-14-40)19-28(43)31(44)34(17-24-3-2-4-25(18-37)39-24)27-10-9-26(22-5-7-23(35)8-6-22)30(29(27)32(45)42(34)36)46-21-33(20-38)11-12-33/h2-10,28,43H,11-17,19,21H2,1H3/t28?,34-/m1/s1. The van der Waals surface area contributed by atoms with Crippen LogP contribution >= 0.6 is 11.6 Å². The second kappa shape index (κ2) is 12.4. The second-order valence-electron chi connectivity index (χ2n) is 12.3. The second-order valence-corrected chi connectivity index (χ2v) is 12.7. The number of ketones is 1. The SMILES string of the molecule is CN1CCN(CC(O)C(=O)[C@@]2(Cc3cccc(C#N)n3)c3ccc(-c4ccc(Cl)cc4)c(OCC4(C#N)CC4)c3C(=O)N2F)CC1. The molecule has 0 bridgehead atoms. The Morgan fingerprint density at radius 3 is 2.48 bits per heavy atom. The molecule has 0 radical (unpaired) electrons. The van der Waals surface area contributed by atoms with Gasteiger partial charge in [0.05, 0.1) is 17.0 Å². The van der Waals surface area contributed by atoms with Crippen LogP contribution in [0.3, 0.4) is 0 Å². The fourth-order valence-corrected chi connectivity index (χ4v) is 6.32. The number of carbonyl (C=O) groups excluding carboxylic acids is 2. The number of hydrogen-bond acceptors (Lipinski definition) is 9. The maximum atomic E-state index is 16.8. The van der Waals surface area contributed by atoms with Crippen LogP contribution in [0.25, 0.3) is 11.1 Å². The van der Waals surface area contributed by atoms with Gasteiger partial charge in [0.25, 0.3) is 5.91 Å². The van der Waals surface area contributed by atoms with Crippen LogP contribution in [0.1, 0.15) is 40.2 Å². The lowest BCUT2D eigenvalue weighted by Crippen LogP contribution is -2.55. The first-order valence-corrected chi connectivity index (χ1v) is 15.5. The predicted molar refractivity (Wildman–Crippen MR) is 166 cm³/mol. The molecule has 1 unspecified atom stereocenters. The number of ether oxygens (including phenoxy) is 1. The molecule has 1 aromatic heterocycles. The van der Waals surface area contributed by atoms with Gasteiger partial charge in [-0.2, -0.15) is 15.6 Å². The molecular formula is C34H32ClFN6O4. The van der Waals surface area contributed by atoms with Gasteiger partial charge < -0.3 is 14.7 Å². The van der Waals surface area contributed by atoms with Gasteiger partial charge in [0, 0.05) is 61.0 Å². The van der Waals surface area contributed by atoms with E-state index < -0.39 is 35.2 Å². The monoisotopic (exact) mass is 642 g/mol. The molecule has 46 heavy (non-hydrogen) atoms. The van der Waals surface area contributed by atoms with E-state index in [1.54, 1.807) is 42.5 Å². The summed E-state index contributed by atoms with van der Waals surface area (Å²) >= 11 is 6.13. The summed E-state index contributed by atoms with van der Waals surface area (Å²) < 4.78 is 23.0. The van der Waals surface area contributed by atoms with Crippen LogP contribution in [0.4, 0.5) is 4.48 Å². The molecule has 236 valence electrons. The zero-order valence-corrected chi connectivity index (χ0v) is 26.0. The number of amides is 1. The third-order valence-electron chi connectivity index (χ3n) is 9.16. The number of hydrogen-bond donors (Lipinski definition) is 1. The molecule has 2 fully saturated rings. The van der Waals surface area contributed by atoms with Crippen molar-refractivity contribution in [1.82, 2.24) is 19.9 Å². The van der Waals surface area contributed by atoms with E-state index in [1.165, 1.54) is 12.1 Å². The number of benzene rings is 2. The van der Waals surface area contributed by atoms with E-state index in [-0.39, 0.29) is 46.5 Å². The Kier molecular flexibility index (Phi) is 8.53. The Bertz CT molecular complexity index is 1760. The molecule has 1 amide bonds. The summed E-state index contributed by atoms with van der Waals surface area (Å²) in [5.74, 6) is -1.98. The Hall–Kier alpha value is -4.39. The van der Waals surface area contributed by atoms with E-state index in [0.717, 1.165) is 13.1 Å². The molecule has 3 heterocycles. The van der Waals surface area contributed by atoms with Crippen LogP contribution in [0.5, 0.6) is 5.75 Å². The minimum atomic E-state index is -2.30. The summed E-state index contributed by atoms with van der Waals surface area (Å²) in [6, 6.07) is 18.8. The molecule has 12 heteroatoms. The number of pyridine rings is 1. The predicted octanol–water partition coefficient (Wildman–Crippen LogP) is 3.91. The van der Waals surface area contributed by atoms with Crippen LogP contribution in [0.15, 0.2) is 54.6 Å². The minimum Gasteiger partial charge on any atom is -0.490 e. The number of fused-ring (bicyclic) bond motifs is 1. The van der Waals surface area contributed by atoms with E-state index in [1.807, 2.05) is 18.0 Å². The van der Waals surface area contributed by atoms with Crippen LogP contribution in [0.2, 0.25) is 5.02 Å². The smallest absolute Gasteiger partial charge is 0.287 e. The molecule has 3 aliphatic rings. The number of halogens is 2. The highest BCUT2D eigenvalue weighted by atomic mass is 35.5. The molecule has 2 aromatic carbocycles. The number of rotatable bonds is 10. The van der Waals surface area contributed by atoms with Crippen molar-refractivity contribution in [3.63, 3.8) is 0 Å². The fraction of sp³-hybridized carbons (Fsp3) is 0.382. The Morgan fingerprint density at radius 1 is 1.11 bits per heavy atom. The molecule has 1 saturated carbocycles. The van der Waals surface area contributed by atoms with Crippen molar-refractivity contribution in [2.24, 2.45) is 5.41 Å². The Balaban J connectivity index is 1.49. The number of piperazine rings is 1. The van der Waals surface area contributed by atoms with Crippen molar-refractivity contribution in [3.05, 3.63) is 82.1 Å². The molecule has 6 rings (SSSR count). The summed E-state index contributed by atoms with van der Waals surface area (Å²) in [5, 5.41) is 30.9. The molecule has 1 saturated heterocycles. The number of nitriles is 2. The molecule has 0 spiro atoms. The average molecular weight is 643 g/mol. The molecule has 1 N–H and O–H groups in total. The van der Waals surface area contributed by atoms with Gasteiger partial charge in [-0.15, -0.1) is 0 Å². The topological polar surface area (TPSA) is 134 Å². The highest BCUT2D eigenvalue weighted by molar-refractivity contribution is 6.30. The van der Waals surface area contributed by atoms with Crippen LogP contribution < -0.4 is 4.74 Å². The summed E-state index contributed by atoms with van der Waals surface area (Å²) in [6.07, 6.45) is -0.828. The van der Waals surface area contributed by atoms with E-state index in [9.17, 15) is 25.2 Å². The summed E-state index contributed by atoms with van der Waals surface area (Å²) in [7, 11) is 1.98. The number of carbonyl (C=O) groups is 2. The first kappa shape index (κ1) is 31.6. The van der Waals surface area contributed by atoms with Crippen molar-refractivity contribution >= 4 is 23.3 Å². The van der Waals surface area contributed by atoms with Gasteiger partial charge in [-0.3, -0.25) is 14.5 Å². The molecule has 10 nitrogen and oxygen atoms in total. The summed E-state index contributed by atoms with van der Waals surface area (Å²) in [4.78, 5) is 36.8. The lowest BCUT2D eigenvalue weighted by molar-refractivity contribution is -0.149. The van der Waals surface area contributed by atoms with Crippen LogP contribution in [-0.2, 0) is 16.8 Å². The highest BCUT2D eigenvalue weighted by Crippen LogP contribution is 2.51. The largest absolute Gasteiger partial charge is 0.490 e. The lowest BCUT2D eigenvalue weighted by atomic mass is 9.79. The summed E-state index contributed by atoms with van der Waals surface area (Å²) in [5.41, 5.74) is -1.84. The lowest BCUT2D eigenvalue weighted by Gasteiger charge is -2.36. The van der Waals surface area contributed by atoms with Crippen molar-refractivity contribution in [2.75, 3.05) is 46.4 Å². The Morgan fingerprint density at radius 2 is 1.83 bits per heavy atom. The third kappa shape index (κ3) is 5.72. The number of nitrogens with zero attached hydrogens (tertiary/aromatic N) is 6. The zero-order valence-electron chi connectivity index (χ0n) is 25.2. The van der Waals surface area contributed by atoms with E-state index in [2.05, 4.69) is 16.0 Å². The average Bonchev–Trinajstić information content (AvgIpc) is 3.83. The number of Topliss-reactive ketones (excluding diaryl/α,β-unsaturated/α-hetero) is 1. The van der Waals surface area contributed by atoms with Crippen molar-refractivity contribution in [1.29, 1.82) is 10.5 Å². The van der Waals surface area contributed by atoms with Crippen molar-refractivity contribution in [3.8, 4) is 29.0 Å². The Labute approximate surface area is 271 Å². The van der Waals surface area contributed by atoms with E-state index in [4.69, 9.17) is 16.3 Å². The number of aliphatic hydroxyl groups excluding tert-OH is 1. The molecular weight excluding hydrogens is 611 g/mol. The van der Waals surface area contributed by atoms with E-state index in [0.29, 0.717) is 42.1 Å².